The molecule has 0 spiro atoms. The third-order valence-electron chi connectivity index (χ3n) is 2.30. The Labute approximate surface area is 85.0 Å². The number of rotatable bonds is 0. The minimum Gasteiger partial charge on any atom is -0.324 e. The molecule has 2 rings (SSSR count). The van der Waals surface area contributed by atoms with Crippen molar-refractivity contribution >= 4 is 27.5 Å². The van der Waals surface area contributed by atoms with Crippen LogP contribution in [-0.4, -0.2) is 0 Å². The lowest BCUT2D eigenvalue weighted by atomic mass is 10.1. The van der Waals surface area contributed by atoms with E-state index in [1.54, 1.807) is 0 Å². The summed E-state index contributed by atoms with van der Waals surface area (Å²) in [7, 11) is 0. The Kier molecular flexibility index (Phi) is 2.15. The molecule has 0 bridgehead atoms. The summed E-state index contributed by atoms with van der Waals surface area (Å²) in [4.78, 5) is 0. The van der Waals surface area contributed by atoms with E-state index >= 15 is 0 Å². The zero-order valence-corrected chi connectivity index (χ0v) is 8.82. The number of benzene rings is 1. The molecule has 0 aliphatic heterocycles. The van der Waals surface area contributed by atoms with Gasteiger partial charge < -0.3 is 5.73 Å². The minimum atomic E-state index is 0.176. The van der Waals surface area contributed by atoms with Crippen molar-refractivity contribution in [3.05, 3.63) is 32.8 Å². The first kappa shape index (κ1) is 8.54. The third kappa shape index (κ3) is 1.28. The first-order valence-electron chi connectivity index (χ1n) is 3.92. The number of hydrogen-bond donors (Lipinski definition) is 1. The average molecular weight is 247 g/mol. The monoisotopic (exact) mass is 245 g/mol. The predicted octanol–water partition coefficient (Wildman–Crippen LogP) is 3.05. The molecular formula is C9H9BrClN. The number of nitrogens with two attached hydrogens (primary N) is 1. The molecular weight excluding hydrogens is 237 g/mol. The summed E-state index contributed by atoms with van der Waals surface area (Å²) in [6.45, 7) is 0. The highest BCUT2D eigenvalue weighted by Gasteiger charge is 2.21. The van der Waals surface area contributed by atoms with Crippen molar-refractivity contribution in [1.82, 2.24) is 0 Å². The van der Waals surface area contributed by atoms with Gasteiger partial charge in [-0.2, -0.15) is 0 Å². The Hall–Kier alpha value is -0.0500. The maximum absolute atomic E-state index is 6.05. The van der Waals surface area contributed by atoms with E-state index in [4.69, 9.17) is 17.3 Å². The molecule has 0 fully saturated rings. The molecule has 1 nitrogen and oxygen atoms in total. The highest BCUT2D eigenvalue weighted by atomic mass is 79.9. The van der Waals surface area contributed by atoms with Crippen LogP contribution in [0.1, 0.15) is 23.6 Å². The van der Waals surface area contributed by atoms with Gasteiger partial charge in [0.25, 0.3) is 0 Å². The highest BCUT2D eigenvalue weighted by molar-refractivity contribution is 9.10. The summed E-state index contributed by atoms with van der Waals surface area (Å²) >= 11 is 9.46. The van der Waals surface area contributed by atoms with Crippen LogP contribution in [0.2, 0.25) is 5.02 Å². The summed E-state index contributed by atoms with van der Waals surface area (Å²) in [5.41, 5.74) is 8.34. The number of hydrogen-bond acceptors (Lipinski definition) is 1. The van der Waals surface area contributed by atoms with Crippen molar-refractivity contribution in [2.24, 2.45) is 5.73 Å². The molecule has 3 heteroatoms. The van der Waals surface area contributed by atoms with Crippen LogP contribution < -0.4 is 5.73 Å². The minimum absolute atomic E-state index is 0.176. The van der Waals surface area contributed by atoms with E-state index in [2.05, 4.69) is 22.0 Å². The van der Waals surface area contributed by atoms with E-state index < -0.39 is 0 Å². The second kappa shape index (κ2) is 3.02. The summed E-state index contributed by atoms with van der Waals surface area (Å²) < 4.78 is 1.02. The highest BCUT2D eigenvalue weighted by Crippen LogP contribution is 2.36. The summed E-state index contributed by atoms with van der Waals surface area (Å²) in [5, 5.41) is 0.840. The Morgan fingerprint density at radius 1 is 1.50 bits per heavy atom. The van der Waals surface area contributed by atoms with Crippen molar-refractivity contribution in [2.45, 2.75) is 18.9 Å². The van der Waals surface area contributed by atoms with Gasteiger partial charge in [-0.05, 0) is 36.1 Å². The third-order valence-corrected chi connectivity index (χ3v) is 3.09. The second-order valence-electron chi connectivity index (χ2n) is 3.10. The normalized spacial score (nSPS) is 21.1. The fourth-order valence-electron chi connectivity index (χ4n) is 1.67. The molecule has 0 radical (unpaired) electrons. The molecule has 2 N–H and O–H groups in total. The van der Waals surface area contributed by atoms with Gasteiger partial charge in [0.1, 0.15) is 0 Å². The van der Waals surface area contributed by atoms with Crippen molar-refractivity contribution in [3.63, 3.8) is 0 Å². The molecule has 0 saturated heterocycles. The Balaban J connectivity index is 2.60. The second-order valence-corrected chi connectivity index (χ2v) is 4.42. The van der Waals surface area contributed by atoms with E-state index in [-0.39, 0.29) is 6.04 Å². The number of halogens is 2. The van der Waals surface area contributed by atoms with Crippen LogP contribution >= 0.6 is 27.5 Å². The van der Waals surface area contributed by atoms with Crippen LogP contribution in [0.15, 0.2) is 16.6 Å². The maximum Gasteiger partial charge on any atom is 0.0452 e. The van der Waals surface area contributed by atoms with Gasteiger partial charge in [-0.25, -0.2) is 0 Å². The first-order chi connectivity index (χ1) is 5.68. The van der Waals surface area contributed by atoms with Gasteiger partial charge in [0.2, 0.25) is 0 Å². The molecule has 0 aromatic heterocycles. The van der Waals surface area contributed by atoms with Gasteiger partial charge in [-0.1, -0.05) is 27.5 Å². The molecule has 1 aromatic carbocycles. The average Bonchev–Trinajstić information content (AvgIpc) is 2.33. The molecule has 1 aliphatic rings. The van der Waals surface area contributed by atoms with Crippen molar-refractivity contribution in [2.75, 3.05) is 0 Å². The van der Waals surface area contributed by atoms with E-state index in [1.165, 1.54) is 11.1 Å². The molecule has 1 atom stereocenters. The largest absolute Gasteiger partial charge is 0.324 e. The zero-order chi connectivity index (χ0) is 8.72. The standard InChI is InChI=1S/C9H9BrClN/c10-5-3-7-6(8(11)4-5)1-2-9(7)12/h3-4,9H,1-2,12H2. The zero-order valence-electron chi connectivity index (χ0n) is 6.48. The summed E-state index contributed by atoms with van der Waals surface area (Å²) in [6.07, 6.45) is 2.04. The Morgan fingerprint density at radius 3 is 3.00 bits per heavy atom. The fraction of sp³-hybridized carbons (Fsp3) is 0.333. The summed E-state index contributed by atoms with van der Waals surface area (Å²) in [5.74, 6) is 0. The van der Waals surface area contributed by atoms with Crippen molar-refractivity contribution in [1.29, 1.82) is 0 Å². The maximum atomic E-state index is 6.05. The van der Waals surface area contributed by atoms with Crippen molar-refractivity contribution < 1.29 is 0 Å². The lowest BCUT2D eigenvalue weighted by molar-refractivity contribution is 0.713. The molecule has 64 valence electrons. The van der Waals surface area contributed by atoms with Crippen LogP contribution in [0.25, 0.3) is 0 Å². The fourth-order valence-corrected chi connectivity index (χ4v) is 2.60. The van der Waals surface area contributed by atoms with Gasteiger partial charge in [-0.15, -0.1) is 0 Å². The van der Waals surface area contributed by atoms with E-state index in [0.29, 0.717) is 0 Å². The quantitative estimate of drug-likeness (QED) is 0.748. The van der Waals surface area contributed by atoms with Gasteiger partial charge in [0.05, 0.1) is 0 Å². The molecule has 0 heterocycles. The van der Waals surface area contributed by atoms with Crippen LogP contribution in [0.4, 0.5) is 0 Å². The SMILES string of the molecule is NC1CCc2c(Cl)cc(Br)cc21. The number of fused-ring (bicyclic) bond motifs is 1. The van der Waals surface area contributed by atoms with Crippen LogP contribution in [0.5, 0.6) is 0 Å². The molecule has 1 aromatic rings. The van der Waals surface area contributed by atoms with E-state index in [0.717, 1.165) is 22.3 Å². The smallest absolute Gasteiger partial charge is 0.0452 e. The Bertz CT molecular complexity index is 325. The van der Waals surface area contributed by atoms with E-state index in [9.17, 15) is 0 Å². The molecule has 12 heavy (non-hydrogen) atoms. The van der Waals surface area contributed by atoms with Gasteiger partial charge >= 0.3 is 0 Å². The van der Waals surface area contributed by atoms with E-state index in [1.807, 2.05) is 6.07 Å². The Morgan fingerprint density at radius 2 is 2.25 bits per heavy atom. The first-order valence-corrected chi connectivity index (χ1v) is 5.09. The van der Waals surface area contributed by atoms with Crippen LogP contribution in [0, 0.1) is 0 Å². The summed E-state index contributed by atoms with van der Waals surface area (Å²) in [6, 6.07) is 4.17. The molecule has 0 amide bonds. The van der Waals surface area contributed by atoms with Crippen molar-refractivity contribution in [3.8, 4) is 0 Å². The lowest BCUT2D eigenvalue weighted by Crippen LogP contribution is -2.04. The molecule has 1 aliphatic carbocycles. The van der Waals surface area contributed by atoms with Gasteiger partial charge in [0.15, 0.2) is 0 Å². The topological polar surface area (TPSA) is 26.0 Å². The predicted molar refractivity (Wildman–Crippen MR) is 54.4 cm³/mol. The molecule has 0 saturated carbocycles. The van der Waals surface area contributed by atoms with Crippen LogP contribution in [-0.2, 0) is 6.42 Å². The van der Waals surface area contributed by atoms with Gasteiger partial charge in [-0.3, -0.25) is 0 Å². The van der Waals surface area contributed by atoms with Crippen LogP contribution in [0.3, 0.4) is 0 Å². The molecule has 1 unspecified atom stereocenters. The van der Waals surface area contributed by atoms with Gasteiger partial charge in [0, 0.05) is 15.5 Å². The lowest BCUT2D eigenvalue weighted by Gasteiger charge is -2.06.